The number of benzene rings is 1. The first-order valence-electron chi connectivity index (χ1n) is 6.93. The fourth-order valence-corrected chi connectivity index (χ4v) is 1.91. The fourth-order valence-electron chi connectivity index (χ4n) is 1.91. The number of hydrogen-bond donors (Lipinski definition) is 2. The summed E-state index contributed by atoms with van der Waals surface area (Å²) < 4.78 is 10.4. The van der Waals surface area contributed by atoms with Crippen LogP contribution in [-0.2, 0) is 4.79 Å². The summed E-state index contributed by atoms with van der Waals surface area (Å²) in [5.41, 5.74) is 6.06. The third-order valence-electron chi connectivity index (χ3n) is 3.04. The molecule has 0 aromatic heterocycles. The second-order valence-electron chi connectivity index (χ2n) is 4.57. The maximum Gasteiger partial charge on any atom is 0.224 e. The van der Waals surface area contributed by atoms with Crippen LogP contribution in [0.5, 0.6) is 11.5 Å². The predicted molar refractivity (Wildman–Crippen MR) is 80.3 cm³/mol. The number of hydrogen-bond acceptors (Lipinski definition) is 4. The van der Waals surface area contributed by atoms with Crippen molar-refractivity contribution in [2.24, 2.45) is 5.73 Å². The van der Waals surface area contributed by atoms with Crippen molar-refractivity contribution in [2.45, 2.75) is 32.1 Å². The average molecular weight is 280 g/mol. The zero-order valence-corrected chi connectivity index (χ0v) is 12.3. The van der Waals surface area contributed by atoms with Crippen LogP contribution < -0.4 is 20.5 Å². The number of methoxy groups -OCH3 is 2. The molecule has 0 heterocycles. The van der Waals surface area contributed by atoms with Crippen molar-refractivity contribution in [3.05, 3.63) is 18.2 Å². The molecule has 5 heteroatoms. The van der Waals surface area contributed by atoms with Crippen LogP contribution in [-0.4, -0.2) is 26.7 Å². The lowest BCUT2D eigenvalue weighted by Gasteiger charge is -2.11. The molecule has 0 aliphatic rings. The quantitative estimate of drug-likeness (QED) is 0.682. The molecule has 20 heavy (non-hydrogen) atoms. The van der Waals surface area contributed by atoms with Gasteiger partial charge in [0.15, 0.2) is 0 Å². The second kappa shape index (κ2) is 9.20. The highest BCUT2D eigenvalue weighted by Gasteiger charge is 2.08. The summed E-state index contributed by atoms with van der Waals surface area (Å²) in [6, 6.07) is 5.32. The highest BCUT2D eigenvalue weighted by Crippen LogP contribution is 2.29. The number of nitrogens with two attached hydrogens (primary N) is 1. The summed E-state index contributed by atoms with van der Waals surface area (Å²) in [4.78, 5) is 11.9. The summed E-state index contributed by atoms with van der Waals surface area (Å²) in [6.45, 7) is 0.715. The van der Waals surface area contributed by atoms with Gasteiger partial charge in [-0.1, -0.05) is 12.8 Å². The van der Waals surface area contributed by atoms with Gasteiger partial charge in [-0.3, -0.25) is 4.79 Å². The van der Waals surface area contributed by atoms with Gasteiger partial charge < -0.3 is 20.5 Å². The van der Waals surface area contributed by atoms with Crippen LogP contribution in [0.1, 0.15) is 32.1 Å². The number of amides is 1. The number of carbonyl (C=O) groups excluding carboxylic acids is 1. The Morgan fingerprint density at radius 2 is 1.90 bits per heavy atom. The van der Waals surface area contributed by atoms with E-state index in [1.54, 1.807) is 32.4 Å². The van der Waals surface area contributed by atoms with Crippen LogP contribution in [0, 0.1) is 0 Å². The molecule has 112 valence electrons. The molecule has 0 unspecified atom stereocenters. The first-order valence-corrected chi connectivity index (χ1v) is 6.93. The predicted octanol–water partition coefficient (Wildman–Crippen LogP) is 2.55. The third kappa shape index (κ3) is 5.48. The first-order chi connectivity index (χ1) is 9.71. The molecule has 0 aliphatic heterocycles. The van der Waals surface area contributed by atoms with E-state index in [1.807, 2.05) is 0 Å². The molecule has 5 nitrogen and oxygen atoms in total. The van der Waals surface area contributed by atoms with E-state index >= 15 is 0 Å². The number of nitrogens with one attached hydrogen (secondary N) is 1. The van der Waals surface area contributed by atoms with Gasteiger partial charge in [0.1, 0.15) is 11.5 Å². The van der Waals surface area contributed by atoms with E-state index in [4.69, 9.17) is 15.2 Å². The van der Waals surface area contributed by atoms with Crippen LogP contribution in [0.3, 0.4) is 0 Å². The topological polar surface area (TPSA) is 73.6 Å². The number of anilines is 1. The van der Waals surface area contributed by atoms with Gasteiger partial charge in [0.2, 0.25) is 5.91 Å². The minimum atomic E-state index is -0.00991. The Morgan fingerprint density at radius 1 is 1.15 bits per heavy atom. The van der Waals surface area contributed by atoms with Gasteiger partial charge in [-0.05, 0) is 31.5 Å². The summed E-state index contributed by atoms with van der Waals surface area (Å²) in [5.74, 6) is 1.30. The van der Waals surface area contributed by atoms with Crippen molar-refractivity contribution in [3.8, 4) is 11.5 Å². The molecule has 3 N–H and O–H groups in total. The number of unbranched alkanes of at least 4 members (excludes halogenated alkanes) is 3. The van der Waals surface area contributed by atoms with E-state index in [9.17, 15) is 4.79 Å². The van der Waals surface area contributed by atoms with Gasteiger partial charge in [0.25, 0.3) is 0 Å². The maximum atomic E-state index is 11.9. The minimum Gasteiger partial charge on any atom is -0.497 e. The Balaban J connectivity index is 2.48. The SMILES string of the molecule is COc1ccc(OC)c(NC(=O)CCCCCCN)c1. The number of rotatable bonds is 9. The van der Waals surface area contributed by atoms with E-state index < -0.39 is 0 Å². The highest BCUT2D eigenvalue weighted by atomic mass is 16.5. The summed E-state index contributed by atoms with van der Waals surface area (Å²) >= 11 is 0. The Bertz CT molecular complexity index is 422. The smallest absolute Gasteiger partial charge is 0.224 e. The molecule has 1 amide bonds. The molecule has 0 fully saturated rings. The molecule has 0 spiro atoms. The zero-order valence-electron chi connectivity index (χ0n) is 12.3. The fraction of sp³-hybridized carbons (Fsp3) is 0.533. The number of ether oxygens (including phenoxy) is 2. The van der Waals surface area contributed by atoms with Crippen molar-refractivity contribution >= 4 is 11.6 Å². The van der Waals surface area contributed by atoms with Crippen LogP contribution >= 0.6 is 0 Å². The Labute approximate surface area is 120 Å². The van der Waals surface area contributed by atoms with Crippen LogP contribution in [0.4, 0.5) is 5.69 Å². The van der Waals surface area contributed by atoms with Gasteiger partial charge in [0, 0.05) is 12.5 Å². The molecule has 0 atom stereocenters. The maximum absolute atomic E-state index is 11.9. The van der Waals surface area contributed by atoms with Gasteiger partial charge in [0.05, 0.1) is 19.9 Å². The van der Waals surface area contributed by atoms with Gasteiger partial charge in [-0.2, -0.15) is 0 Å². The highest BCUT2D eigenvalue weighted by molar-refractivity contribution is 5.92. The lowest BCUT2D eigenvalue weighted by atomic mass is 10.1. The monoisotopic (exact) mass is 280 g/mol. The van der Waals surface area contributed by atoms with Gasteiger partial charge >= 0.3 is 0 Å². The largest absolute Gasteiger partial charge is 0.497 e. The van der Waals surface area contributed by atoms with Crippen molar-refractivity contribution < 1.29 is 14.3 Å². The lowest BCUT2D eigenvalue weighted by Crippen LogP contribution is -2.12. The van der Waals surface area contributed by atoms with E-state index in [0.717, 1.165) is 25.7 Å². The molecule has 0 saturated carbocycles. The third-order valence-corrected chi connectivity index (χ3v) is 3.04. The number of carbonyl (C=O) groups is 1. The van der Waals surface area contributed by atoms with E-state index in [-0.39, 0.29) is 5.91 Å². The summed E-state index contributed by atoms with van der Waals surface area (Å²) in [5, 5.41) is 2.86. The molecule has 1 aromatic rings. The standard InChI is InChI=1S/C15H24N2O3/c1-19-12-8-9-14(20-2)13(11-12)17-15(18)7-5-3-4-6-10-16/h8-9,11H,3-7,10,16H2,1-2H3,(H,17,18). The average Bonchev–Trinajstić information content (AvgIpc) is 2.47. The second-order valence-corrected chi connectivity index (χ2v) is 4.57. The van der Waals surface area contributed by atoms with E-state index in [1.165, 1.54) is 0 Å². The van der Waals surface area contributed by atoms with E-state index in [0.29, 0.717) is 30.2 Å². The Kier molecular flexibility index (Phi) is 7.50. The Morgan fingerprint density at radius 3 is 2.55 bits per heavy atom. The van der Waals surface area contributed by atoms with Crippen molar-refractivity contribution in [1.29, 1.82) is 0 Å². The first kappa shape index (κ1) is 16.3. The Hall–Kier alpha value is -1.75. The minimum absolute atomic E-state index is 0.00991. The normalized spacial score (nSPS) is 10.2. The van der Waals surface area contributed by atoms with E-state index in [2.05, 4.69) is 5.32 Å². The molecule has 0 bridgehead atoms. The lowest BCUT2D eigenvalue weighted by molar-refractivity contribution is -0.116. The zero-order chi connectivity index (χ0) is 14.8. The summed E-state index contributed by atoms with van der Waals surface area (Å²) in [6.07, 6.45) is 4.50. The summed E-state index contributed by atoms with van der Waals surface area (Å²) in [7, 11) is 3.16. The van der Waals surface area contributed by atoms with Crippen molar-refractivity contribution in [1.82, 2.24) is 0 Å². The molecule has 1 aromatic carbocycles. The molecular weight excluding hydrogens is 256 g/mol. The van der Waals surface area contributed by atoms with Gasteiger partial charge in [-0.25, -0.2) is 0 Å². The molecule has 0 saturated heterocycles. The van der Waals surface area contributed by atoms with Crippen LogP contribution in [0.2, 0.25) is 0 Å². The molecule has 0 aliphatic carbocycles. The van der Waals surface area contributed by atoms with Crippen molar-refractivity contribution in [2.75, 3.05) is 26.1 Å². The van der Waals surface area contributed by atoms with Crippen LogP contribution in [0.25, 0.3) is 0 Å². The molecule has 0 radical (unpaired) electrons. The van der Waals surface area contributed by atoms with Gasteiger partial charge in [-0.15, -0.1) is 0 Å². The van der Waals surface area contributed by atoms with Crippen molar-refractivity contribution in [3.63, 3.8) is 0 Å². The molecule has 1 rings (SSSR count). The van der Waals surface area contributed by atoms with Crippen LogP contribution in [0.15, 0.2) is 18.2 Å². The molecular formula is C15H24N2O3.